The Bertz CT molecular complexity index is 805. The van der Waals surface area contributed by atoms with Gasteiger partial charge in [0.1, 0.15) is 0 Å². The zero-order chi connectivity index (χ0) is 15.1. The lowest BCUT2D eigenvalue weighted by Gasteiger charge is -2.20. The minimum Gasteiger partial charge on any atom is -0.305 e. The first-order chi connectivity index (χ1) is 10.7. The molecule has 0 saturated carbocycles. The molecule has 3 aromatic rings. The molecule has 22 heavy (non-hydrogen) atoms. The summed E-state index contributed by atoms with van der Waals surface area (Å²) < 4.78 is 2.87. The highest BCUT2D eigenvalue weighted by molar-refractivity contribution is 7.26. The van der Waals surface area contributed by atoms with Gasteiger partial charge >= 0.3 is 0 Å². The van der Waals surface area contributed by atoms with Gasteiger partial charge in [0.05, 0.1) is 0 Å². The number of likely N-dealkylation sites (N-methyl/N-ethyl adjacent to an activating group) is 1. The molecule has 1 aliphatic rings. The van der Waals surface area contributed by atoms with E-state index in [1.54, 1.807) is 0 Å². The quantitative estimate of drug-likeness (QED) is 0.716. The second-order valence-electron chi connectivity index (χ2n) is 6.53. The van der Waals surface area contributed by atoms with Gasteiger partial charge in [-0.2, -0.15) is 0 Å². The van der Waals surface area contributed by atoms with Crippen LogP contribution < -0.4 is 0 Å². The average Bonchev–Trinajstić information content (AvgIpc) is 3.12. The van der Waals surface area contributed by atoms with Crippen molar-refractivity contribution in [2.24, 2.45) is 0 Å². The van der Waals surface area contributed by atoms with Crippen LogP contribution in [0.4, 0.5) is 0 Å². The van der Waals surface area contributed by atoms with Crippen LogP contribution in [0.5, 0.6) is 0 Å². The molecule has 3 heteroatoms. The van der Waals surface area contributed by atoms with E-state index >= 15 is 0 Å². The van der Waals surface area contributed by atoms with E-state index in [9.17, 15) is 0 Å². The standard InChI is InChI=1S/C19H22N2S/c1-20(2)15-10-11-21(13-15)12-14-6-5-8-17-16-7-3-4-9-18(16)22-19(14)17/h3-9,15H,10-13H2,1-2H3. The third kappa shape index (κ3) is 2.43. The maximum atomic E-state index is 2.60. The van der Waals surface area contributed by atoms with Gasteiger partial charge in [0.15, 0.2) is 0 Å². The normalized spacial score (nSPS) is 19.7. The van der Waals surface area contributed by atoms with Crippen LogP contribution in [0.15, 0.2) is 42.5 Å². The van der Waals surface area contributed by atoms with Crippen LogP contribution in [0, 0.1) is 0 Å². The molecule has 1 unspecified atom stereocenters. The van der Waals surface area contributed by atoms with Crippen molar-refractivity contribution in [3.05, 3.63) is 48.0 Å². The molecule has 0 N–H and O–H groups in total. The number of fused-ring (bicyclic) bond motifs is 3. The van der Waals surface area contributed by atoms with Crippen LogP contribution in [0.2, 0.25) is 0 Å². The van der Waals surface area contributed by atoms with Crippen LogP contribution in [0.1, 0.15) is 12.0 Å². The molecular formula is C19H22N2S. The Balaban J connectivity index is 1.68. The smallest absolute Gasteiger partial charge is 0.0400 e. The summed E-state index contributed by atoms with van der Waals surface area (Å²) in [6.07, 6.45) is 1.29. The molecule has 0 aliphatic carbocycles. The molecule has 1 atom stereocenters. The highest BCUT2D eigenvalue weighted by atomic mass is 32.1. The van der Waals surface area contributed by atoms with Crippen LogP contribution in [0.25, 0.3) is 20.2 Å². The van der Waals surface area contributed by atoms with E-state index in [-0.39, 0.29) is 0 Å². The largest absolute Gasteiger partial charge is 0.305 e. The minimum absolute atomic E-state index is 0.710. The Morgan fingerprint density at radius 1 is 1.09 bits per heavy atom. The van der Waals surface area contributed by atoms with Gasteiger partial charge in [-0.25, -0.2) is 0 Å². The van der Waals surface area contributed by atoms with Gasteiger partial charge in [-0.1, -0.05) is 36.4 Å². The predicted octanol–water partition coefficient (Wildman–Crippen LogP) is 4.19. The maximum Gasteiger partial charge on any atom is 0.0400 e. The highest BCUT2D eigenvalue weighted by Crippen LogP contribution is 2.36. The number of rotatable bonds is 3. The van der Waals surface area contributed by atoms with Crippen LogP contribution in [-0.4, -0.2) is 43.0 Å². The summed E-state index contributed by atoms with van der Waals surface area (Å²) >= 11 is 1.94. The fourth-order valence-corrected chi connectivity index (χ4v) is 4.75. The van der Waals surface area contributed by atoms with Crippen LogP contribution in [0.3, 0.4) is 0 Å². The van der Waals surface area contributed by atoms with Gasteiger partial charge in [-0.05, 0) is 32.1 Å². The molecule has 4 rings (SSSR count). The third-order valence-corrected chi connectivity index (χ3v) is 6.12. The number of hydrogen-bond donors (Lipinski definition) is 0. The highest BCUT2D eigenvalue weighted by Gasteiger charge is 2.24. The summed E-state index contributed by atoms with van der Waals surface area (Å²) in [5, 5.41) is 2.82. The van der Waals surface area contributed by atoms with Crippen molar-refractivity contribution >= 4 is 31.5 Å². The van der Waals surface area contributed by atoms with Crippen molar-refractivity contribution in [3.8, 4) is 0 Å². The van der Waals surface area contributed by atoms with Crippen molar-refractivity contribution in [2.75, 3.05) is 27.2 Å². The molecule has 114 valence electrons. The number of benzene rings is 2. The second kappa shape index (κ2) is 5.65. The predicted molar refractivity (Wildman–Crippen MR) is 96.7 cm³/mol. The molecule has 2 aromatic carbocycles. The Hall–Kier alpha value is -1.42. The summed E-state index contributed by atoms with van der Waals surface area (Å²) in [5.74, 6) is 0. The number of hydrogen-bond acceptors (Lipinski definition) is 3. The third-order valence-electron chi connectivity index (χ3n) is 4.86. The number of thiophene rings is 1. The maximum absolute atomic E-state index is 2.60. The Kier molecular flexibility index (Phi) is 3.65. The molecule has 0 radical (unpaired) electrons. The first kappa shape index (κ1) is 14.2. The first-order valence-corrected chi connectivity index (χ1v) is 8.82. The van der Waals surface area contributed by atoms with Crippen molar-refractivity contribution in [1.82, 2.24) is 9.80 Å². The van der Waals surface area contributed by atoms with Crippen molar-refractivity contribution in [3.63, 3.8) is 0 Å². The van der Waals surface area contributed by atoms with E-state index in [0.29, 0.717) is 6.04 Å². The molecule has 1 aromatic heterocycles. The minimum atomic E-state index is 0.710. The topological polar surface area (TPSA) is 6.48 Å². The molecule has 0 amide bonds. The van der Waals surface area contributed by atoms with Gasteiger partial charge in [0, 0.05) is 45.8 Å². The average molecular weight is 310 g/mol. The molecule has 0 bridgehead atoms. The van der Waals surface area contributed by atoms with Crippen LogP contribution in [-0.2, 0) is 6.54 Å². The van der Waals surface area contributed by atoms with Gasteiger partial charge in [-0.3, -0.25) is 4.90 Å². The number of nitrogens with zero attached hydrogens (tertiary/aromatic N) is 2. The van der Waals surface area contributed by atoms with E-state index in [1.807, 2.05) is 11.3 Å². The molecule has 1 fully saturated rings. The van der Waals surface area contributed by atoms with Gasteiger partial charge in [0.25, 0.3) is 0 Å². The summed E-state index contributed by atoms with van der Waals surface area (Å²) in [6, 6.07) is 16.3. The van der Waals surface area contributed by atoms with Gasteiger partial charge < -0.3 is 4.90 Å². The molecule has 1 saturated heterocycles. The first-order valence-electron chi connectivity index (χ1n) is 8.00. The lowest BCUT2D eigenvalue weighted by Crippen LogP contribution is -2.31. The summed E-state index contributed by atoms with van der Waals surface area (Å²) in [4.78, 5) is 4.96. The molecule has 0 spiro atoms. The van der Waals surface area contributed by atoms with Crippen molar-refractivity contribution in [2.45, 2.75) is 19.0 Å². The zero-order valence-electron chi connectivity index (χ0n) is 13.2. The van der Waals surface area contributed by atoms with Crippen LogP contribution >= 0.6 is 11.3 Å². The summed E-state index contributed by atoms with van der Waals surface area (Å²) in [5.41, 5.74) is 1.48. The van der Waals surface area contributed by atoms with E-state index in [0.717, 1.165) is 6.54 Å². The SMILES string of the molecule is CN(C)C1CCN(Cc2cccc3c2sc2ccccc23)C1. The van der Waals surface area contributed by atoms with Gasteiger partial charge in [0.2, 0.25) is 0 Å². The monoisotopic (exact) mass is 310 g/mol. The molecule has 2 heterocycles. The Labute approximate surface area is 136 Å². The van der Waals surface area contributed by atoms with E-state index in [1.165, 1.54) is 45.2 Å². The van der Waals surface area contributed by atoms with Crippen molar-refractivity contribution in [1.29, 1.82) is 0 Å². The zero-order valence-corrected chi connectivity index (χ0v) is 14.1. The Morgan fingerprint density at radius 2 is 1.91 bits per heavy atom. The second-order valence-corrected chi connectivity index (χ2v) is 7.59. The van der Waals surface area contributed by atoms with Crippen molar-refractivity contribution < 1.29 is 0 Å². The Morgan fingerprint density at radius 3 is 2.73 bits per heavy atom. The van der Waals surface area contributed by atoms with E-state index < -0.39 is 0 Å². The lowest BCUT2D eigenvalue weighted by atomic mass is 10.1. The fraction of sp³-hybridized carbons (Fsp3) is 0.368. The molecule has 2 nitrogen and oxygen atoms in total. The summed E-state index contributed by atoms with van der Waals surface area (Å²) in [7, 11) is 4.39. The number of likely N-dealkylation sites (tertiary alicyclic amines) is 1. The fourth-order valence-electron chi connectivity index (χ4n) is 3.55. The van der Waals surface area contributed by atoms with Gasteiger partial charge in [-0.15, -0.1) is 11.3 Å². The summed E-state index contributed by atoms with van der Waals surface area (Å²) in [6.45, 7) is 3.48. The molecule has 1 aliphatic heterocycles. The van der Waals surface area contributed by atoms with E-state index in [4.69, 9.17) is 0 Å². The lowest BCUT2D eigenvalue weighted by molar-refractivity contribution is 0.265. The van der Waals surface area contributed by atoms with E-state index in [2.05, 4.69) is 66.4 Å². The molecular weight excluding hydrogens is 288 g/mol.